The minimum atomic E-state index is -0.0333. The van der Waals surface area contributed by atoms with Gasteiger partial charge < -0.3 is 4.90 Å². The molecule has 0 unspecified atom stereocenters. The van der Waals surface area contributed by atoms with Crippen LogP contribution in [0, 0.1) is 0 Å². The molecule has 154 valence electrons. The van der Waals surface area contributed by atoms with Crippen LogP contribution in [0.25, 0.3) is 21.9 Å². The van der Waals surface area contributed by atoms with Crippen LogP contribution in [0.4, 0.5) is 17.1 Å². The Kier molecular flexibility index (Phi) is 4.19. The van der Waals surface area contributed by atoms with Crippen molar-refractivity contribution >= 4 is 27.8 Å². The quantitative estimate of drug-likeness (QED) is 0.287. The van der Waals surface area contributed by atoms with E-state index < -0.39 is 0 Å². The summed E-state index contributed by atoms with van der Waals surface area (Å²) in [5.74, 6) is 0. The van der Waals surface area contributed by atoms with E-state index in [1.165, 1.54) is 38.7 Å². The lowest BCUT2D eigenvalue weighted by molar-refractivity contribution is 0.666. The number of hydrogen-bond donors (Lipinski definition) is 0. The molecule has 0 aromatic heterocycles. The zero-order valence-corrected chi connectivity index (χ0v) is 18.4. The fraction of sp³-hybridized carbons (Fsp3) is 0.0968. The van der Waals surface area contributed by atoms with E-state index in [1.807, 2.05) is 0 Å². The molecule has 6 rings (SSSR count). The Bertz CT molecular complexity index is 1390. The molecular weight excluding hydrogens is 386 g/mol. The fourth-order valence-corrected chi connectivity index (χ4v) is 5.41. The van der Waals surface area contributed by atoms with Gasteiger partial charge in [-0.3, -0.25) is 0 Å². The standard InChI is InChI=1S/C31H25N/c1-31(2)28-18-10-9-16-24(28)27-21-20-25-26(30(27)31)17-11-19-29(25)32(22-12-5-3-6-13-22)23-14-7-4-8-15-23/h3-21H,1-2H3. The van der Waals surface area contributed by atoms with Crippen molar-refractivity contribution in [2.75, 3.05) is 4.90 Å². The lowest BCUT2D eigenvalue weighted by Crippen LogP contribution is -2.16. The number of rotatable bonds is 3. The monoisotopic (exact) mass is 411 g/mol. The van der Waals surface area contributed by atoms with Crippen molar-refractivity contribution in [3.8, 4) is 11.1 Å². The number of fused-ring (bicyclic) bond motifs is 5. The van der Waals surface area contributed by atoms with Gasteiger partial charge in [-0.2, -0.15) is 0 Å². The van der Waals surface area contributed by atoms with Gasteiger partial charge >= 0.3 is 0 Å². The largest absolute Gasteiger partial charge is 0.310 e. The predicted octanol–water partition coefficient (Wildman–Crippen LogP) is 8.62. The third-order valence-corrected chi connectivity index (χ3v) is 6.82. The Balaban J connectivity index is 1.64. The molecule has 0 amide bonds. The first-order valence-corrected chi connectivity index (χ1v) is 11.2. The van der Waals surface area contributed by atoms with Crippen LogP contribution in [0.5, 0.6) is 0 Å². The maximum absolute atomic E-state index is 2.36. The highest BCUT2D eigenvalue weighted by Gasteiger charge is 2.36. The highest BCUT2D eigenvalue weighted by Crippen LogP contribution is 2.52. The van der Waals surface area contributed by atoms with Gasteiger partial charge in [0.05, 0.1) is 5.69 Å². The molecule has 0 spiro atoms. The Morgan fingerprint density at radius 3 is 1.81 bits per heavy atom. The molecule has 0 aliphatic heterocycles. The van der Waals surface area contributed by atoms with Crippen molar-refractivity contribution in [1.82, 2.24) is 0 Å². The van der Waals surface area contributed by atoms with Crippen LogP contribution in [0.2, 0.25) is 0 Å². The molecule has 5 aromatic carbocycles. The third kappa shape index (κ3) is 2.71. The summed E-state index contributed by atoms with van der Waals surface area (Å²) in [4.78, 5) is 2.36. The van der Waals surface area contributed by atoms with Gasteiger partial charge in [0.2, 0.25) is 0 Å². The van der Waals surface area contributed by atoms with E-state index in [1.54, 1.807) is 0 Å². The van der Waals surface area contributed by atoms with E-state index in [0.717, 1.165) is 11.4 Å². The first-order chi connectivity index (χ1) is 15.7. The topological polar surface area (TPSA) is 3.24 Å². The van der Waals surface area contributed by atoms with Gasteiger partial charge in [-0.05, 0) is 58.0 Å². The Labute approximate surface area is 189 Å². The minimum absolute atomic E-state index is 0.0333. The van der Waals surface area contributed by atoms with Crippen molar-refractivity contribution in [3.63, 3.8) is 0 Å². The molecule has 5 aromatic rings. The van der Waals surface area contributed by atoms with Gasteiger partial charge in [0.25, 0.3) is 0 Å². The van der Waals surface area contributed by atoms with Crippen molar-refractivity contribution in [2.24, 2.45) is 0 Å². The van der Waals surface area contributed by atoms with Crippen molar-refractivity contribution in [1.29, 1.82) is 0 Å². The Morgan fingerprint density at radius 1 is 0.500 bits per heavy atom. The molecule has 1 aliphatic carbocycles. The van der Waals surface area contributed by atoms with Crippen molar-refractivity contribution in [3.05, 3.63) is 126 Å². The van der Waals surface area contributed by atoms with E-state index in [0.29, 0.717) is 0 Å². The SMILES string of the molecule is CC1(C)c2ccccc2-c2ccc3c(N(c4ccccc4)c4ccccc4)cccc3c21. The van der Waals surface area contributed by atoms with E-state index in [2.05, 4.69) is 134 Å². The maximum Gasteiger partial charge on any atom is 0.0540 e. The van der Waals surface area contributed by atoms with Crippen LogP contribution in [-0.4, -0.2) is 0 Å². The second-order valence-corrected chi connectivity index (χ2v) is 9.04. The zero-order chi connectivity index (χ0) is 21.7. The number of anilines is 3. The molecule has 32 heavy (non-hydrogen) atoms. The van der Waals surface area contributed by atoms with Gasteiger partial charge in [0.15, 0.2) is 0 Å². The lowest BCUT2D eigenvalue weighted by Gasteiger charge is -2.28. The highest BCUT2D eigenvalue weighted by molar-refractivity contribution is 6.05. The molecule has 1 nitrogen and oxygen atoms in total. The molecule has 1 aliphatic rings. The molecule has 0 bridgehead atoms. The molecule has 0 fully saturated rings. The van der Waals surface area contributed by atoms with E-state index >= 15 is 0 Å². The first kappa shape index (κ1) is 18.9. The fourth-order valence-electron chi connectivity index (χ4n) is 5.41. The van der Waals surface area contributed by atoms with Crippen molar-refractivity contribution < 1.29 is 0 Å². The molecule has 0 saturated heterocycles. The molecule has 0 saturated carbocycles. The average molecular weight is 412 g/mol. The number of benzene rings is 5. The van der Waals surface area contributed by atoms with E-state index in [4.69, 9.17) is 0 Å². The van der Waals surface area contributed by atoms with Crippen LogP contribution in [0.15, 0.2) is 115 Å². The van der Waals surface area contributed by atoms with Gasteiger partial charge in [-0.25, -0.2) is 0 Å². The van der Waals surface area contributed by atoms with Gasteiger partial charge in [-0.15, -0.1) is 0 Å². The van der Waals surface area contributed by atoms with E-state index in [9.17, 15) is 0 Å². The number of para-hydroxylation sites is 2. The molecule has 1 heteroatoms. The summed E-state index contributed by atoms with van der Waals surface area (Å²) in [7, 11) is 0. The summed E-state index contributed by atoms with van der Waals surface area (Å²) in [5.41, 5.74) is 9.06. The normalized spacial score (nSPS) is 13.6. The van der Waals surface area contributed by atoms with Gasteiger partial charge in [0, 0.05) is 22.2 Å². The summed E-state index contributed by atoms with van der Waals surface area (Å²) in [6.45, 7) is 4.71. The second kappa shape index (κ2) is 7.10. The Hall–Kier alpha value is -3.84. The third-order valence-electron chi connectivity index (χ3n) is 6.82. The smallest absolute Gasteiger partial charge is 0.0540 e. The molecule has 0 heterocycles. The second-order valence-electron chi connectivity index (χ2n) is 9.04. The van der Waals surface area contributed by atoms with Crippen LogP contribution in [-0.2, 0) is 5.41 Å². The van der Waals surface area contributed by atoms with Crippen molar-refractivity contribution in [2.45, 2.75) is 19.3 Å². The predicted molar refractivity (Wildman–Crippen MR) is 136 cm³/mol. The van der Waals surface area contributed by atoms with Crippen LogP contribution in [0.1, 0.15) is 25.0 Å². The Morgan fingerprint density at radius 2 is 1.12 bits per heavy atom. The molecular formula is C31H25N. The van der Waals surface area contributed by atoms with Crippen LogP contribution >= 0.6 is 0 Å². The summed E-state index contributed by atoms with van der Waals surface area (Å²) in [6, 6.07) is 41.5. The van der Waals surface area contributed by atoms with Crippen LogP contribution < -0.4 is 4.90 Å². The first-order valence-electron chi connectivity index (χ1n) is 11.2. The number of nitrogens with zero attached hydrogens (tertiary/aromatic N) is 1. The highest BCUT2D eigenvalue weighted by atomic mass is 15.1. The number of hydrogen-bond acceptors (Lipinski definition) is 1. The summed E-state index contributed by atoms with van der Waals surface area (Å²) in [5, 5.41) is 2.61. The summed E-state index contributed by atoms with van der Waals surface area (Å²) < 4.78 is 0. The van der Waals surface area contributed by atoms with Gasteiger partial charge in [0.1, 0.15) is 0 Å². The summed E-state index contributed by atoms with van der Waals surface area (Å²) in [6.07, 6.45) is 0. The molecule has 0 radical (unpaired) electrons. The van der Waals surface area contributed by atoms with Crippen LogP contribution in [0.3, 0.4) is 0 Å². The molecule has 0 N–H and O–H groups in total. The summed E-state index contributed by atoms with van der Waals surface area (Å²) >= 11 is 0. The molecule has 0 atom stereocenters. The average Bonchev–Trinajstić information content (AvgIpc) is 3.08. The van der Waals surface area contributed by atoms with Gasteiger partial charge in [-0.1, -0.05) is 98.8 Å². The van der Waals surface area contributed by atoms with E-state index in [-0.39, 0.29) is 5.41 Å². The maximum atomic E-state index is 2.36. The zero-order valence-electron chi connectivity index (χ0n) is 18.4. The lowest BCUT2D eigenvalue weighted by atomic mass is 9.80. The minimum Gasteiger partial charge on any atom is -0.310 e.